The van der Waals surface area contributed by atoms with Crippen molar-refractivity contribution in [2.45, 2.75) is 40.0 Å². The van der Waals surface area contributed by atoms with E-state index in [0.717, 1.165) is 33.5 Å². The van der Waals surface area contributed by atoms with Crippen molar-refractivity contribution in [3.63, 3.8) is 0 Å². The summed E-state index contributed by atoms with van der Waals surface area (Å²) in [5, 5.41) is 4.47. The summed E-state index contributed by atoms with van der Waals surface area (Å²) < 4.78 is 11.2. The molecule has 0 aliphatic rings. The molecule has 21 heavy (non-hydrogen) atoms. The van der Waals surface area contributed by atoms with E-state index in [4.69, 9.17) is 9.47 Å². The molecule has 0 bridgehead atoms. The highest BCUT2D eigenvalue weighted by Crippen LogP contribution is 2.25. The molecule has 0 amide bonds. The van der Waals surface area contributed by atoms with Crippen LogP contribution in [0.3, 0.4) is 0 Å². The molecule has 1 aromatic carbocycles. The Labute approximate surface area is 130 Å². The number of thiazole rings is 1. The van der Waals surface area contributed by atoms with Gasteiger partial charge in [0.2, 0.25) is 0 Å². The molecule has 0 spiro atoms. The lowest BCUT2D eigenvalue weighted by atomic mass is 10.1. The Hall–Kier alpha value is -1.59. The normalized spacial score (nSPS) is 10.9. The lowest BCUT2D eigenvalue weighted by Gasteiger charge is -2.14. The van der Waals surface area contributed by atoms with Gasteiger partial charge in [0, 0.05) is 24.3 Å². The van der Waals surface area contributed by atoms with Crippen LogP contribution >= 0.6 is 11.3 Å². The first-order chi connectivity index (χ1) is 10.1. The molecule has 1 heterocycles. The molecule has 0 fully saturated rings. The van der Waals surface area contributed by atoms with E-state index in [9.17, 15) is 0 Å². The van der Waals surface area contributed by atoms with Gasteiger partial charge in [-0.15, -0.1) is 11.3 Å². The molecule has 0 saturated carbocycles. The third-order valence-corrected chi connectivity index (χ3v) is 3.89. The summed E-state index contributed by atoms with van der Waals surface area (Å²) in [4.78, 5) is 5.38. The number of aryl methyl sites for hydroxylation is 1. The van der Waals surface area contributed by atoms with Crippen LogP contribution < -0.4 is 14.8 Å². The van der Waals surface area contributed by atoms with E-state index in [-0.39, 0.29) is 0 Å². The monoisotopic (exact) mass is 306 g/mol. The molecule has 1 N–H and O–H groups in total. The minimum atomic E-state index is 0.424. The van der Waals surface area contributed by atoms with E-state index < -0.39 is 0 Å². The second-order valence-corrected chi connectivity index (χ2v) is 6.46. The van der Waals surface area contributed by atoms with Gasteiger partial charge in [-0.05, 0) is 25.1 Å². The van der Waals surface area contributed by atoms with E-state index in [1.165, 1.54) is 0 Å². The smallest absolute Gasteiger partial charge is 0.124 e. The van der Waals surface area contributed by atoms with Crippen molar-refractivity contribution in [1.29, 1.82) is 0 Å². The van der Waals surface area contributed by atoms with E-state index >= 15 is 0 Å². The van der Waals surface area contributed by atoms with Gasteiger partial charge in [0.1, 0.15) is 18.1 Å². The highest BCUT2D eigenvalue weighted by atomic mass is 32.1. The van der Waals surface area contributed by atoms with Crippen LogP contribution in [0.4, 0.5) is 0 Å². The lowest BCUT2D eigenvalue weighted by molar-refractivity contribution is 0.304. The lowest BCUT2D eigenvalue weighted by Crippen LogP contribution is -2.22. The minimum absolute atomic E-state index is 0.424. The quantitative estimate of drug-likeness (QED) is 0.850. The van der Waals surface area contributed by atoms with Gasteiger partial charge in [0.25, 0.3) is 0 Å². The van der Waals surface area contributed by atoms with Crippen molar-refractivity contribution in [3.8, 4) is 11.5 Å². The summed E-state index contributed by atoms with van der Waals surface area (Å²) in [6, 6.07) is 6.33. The Morgan fingerprint density at radius 3 is 2.76 bits per heavy atom. The first-order valence-corrected chi connectivity index (χ1v) is 7.84. The SMILES string of the molecule is COc1ccc(OCc2cnc(C)s2)c(CNC(C)C)c1. The highest BCUT2D eigenvalue weighted by molar-refractivity contribution is 7.11. The van der Waals surface area contributed by atoms with Gasteiger partial charge >= 0.3 is 0 Å². The average molecular weight is 306 g/mol. The Bertz CT molecular complexity index is 581. The predicted molar refractivity (Wildman–Crippen MR) is 86.2 cm³/mol. The molecule has 4 nitrogen and oxygen atoms in total. The second kappa shape index (κ2) is 7.43. The first-order valence-electron chi connectivity index (χ1n) is 7.03. The standard InChI is InChI=1S/C16H22N2O2S/c1-11(2)17-8-13-7-14(19-4)5-6-16(13)20-10-15-9-18-12(3)21-15/h5-7,9,11,17H,8,10H2,1-4H3. The number of aromatic nitrogens is 1. The molecule has 0 unspecified atom stereocenters. The van der Waals surface area contributed by atoms with Crippen LogP contribution in [0, 0.1) is 6.92 Å². The fourth-order valence-electron chi connectivity index (χ4n) is 1.90. The summed E-state index contributed by atoms with van der Waals surface area (Å²) in [6.45, 7) is 7.56. The molecule has 0 aliphatic carbocycles. The third-order valence-electron chi connectivity index (χ3n) is 3.01. The number of rotatable bonds is 7. The maximum Gasteiger partial charge on any atom is 0.124 e. The van der Waals surface area contributed by atoms with Crippen LogP contribution in [0.25, 0.3) is 0 Å². The molecular formula is C16H22N2O2S. The zero-order valence-corrected chi connectivity index (χ0v) is 13.8. The molecule has 2 rings (SSSR count). The van der Waals surface area contributed by atoms with E-state index in [2.05, 4.69) is 24.1 Å². The van der Waals surface area contributed by atoms with E-state index in [1.54, 1.807) is 18.4 Å². The van der Waals surface area contributed by atoms with Crippen molar-refractivity contribution < 1.29 is 9.47 Å². The number of nitrogens with zero attached hydrogens (tertiary/aromatic N) is 1. The fraction of sp³-hybridized carbons (Fsp3) is 0.438. The third kappa shape index (κ3) is 4.72. The number of nitrogens with one attached hydrogen (secondary N) is 1. The Balaban J connectivity index is 2.09. The van der Waals surface area contributed by atoms with Gasteiger partial charge in [-0.3, -0.25) is 0 Å². The minimum Gasteiger partial charge on any atom is -0.497 e. The zero-order valence-electron chi connectivity index (χ0n) is 13.0. The van der Waals surface area contributed by atoms with Gasteiger partial charge in [-0.1, -0.05) is 13.8 Å². The molecule has 5 heteroatoms. The van der Waals surface area contributed by atoms with Gasteiger partial charge in [0.15, 0.2) is 0 Å². The van der Waals surface area contributed by atoms with Crippen molar-refractivity contribution >= 4 is 11.3 Å². The van der Waals surface area contributed by atoms with Crippen LogP contribution in [0.2, 0.25) is 0 Å². The largest absolute Gasteiger partial charge is 0.497 e. The number of methoxy groups -OCH3 is 1. The molecule has 0 saturated heterocycles. The van der Waals surface area contributed by atoms with Gasteiger partial charge in [0.05, 0.1) is 17.0 Å². The summed E-state index contributed by atoms with van der Waals surface area (Å²) in [7, 11) is 1.68. The summed E-state index contributed by atoms with van der Waals surface area (Å²) in [5.74, 6) is 1.73. The van der Waals surface area contributed by atoms with Crippen molar-refractivity contribution in [2.75, 3.05) is 7.11 Å². The van der Waals surface area contributed by atoms with Crippen molar-refractivity contribution in [3.05, 3.63) is 39.8 Å². The summed E-state index contributed by atoms with van der Waals surface area (Å²) in [6.07, 6.45) is 1.87. The molecule has 0 radical (unpaired) electrons. The molecule has 0 atom stereocenters. The van der Waals surface area contributed by atoms with Crippen molar-refractivity contribution in [2.24, 2.45) is 0 Å². The fourth-order valence-corrected chi connectivity index (χ4v) is 2.60. The van der Waals surface area contributed by atoms with Crippen LogP contribution in [0.15, 0.2) is 24.4 Å². The first kappa shape index (κ1) is 15.8. The molecule has 0 aliphatic heterocycles. The van der Waals surface area contributed by atoms with Crippen LogP contribution in [-0.4, -0.2) is 18.1 Å². The molecule has 114 valence electrons. The van der Waals surface area contributed by atoms with Crippen LogP contribution in [-0.2, 0) is 13.2 Å². The topological polar surface area (TPSA) is 43.4 Å². The molecule has 2 aromatic rings. The zero-order chi connectivity index (χ0) is 15.2. The number of benzene rings is 1. The number of hydrogen-bond acceptors (Lipinski definition) is 5. The van der Waals surface area contributed by atoms with E-state index in [1.807, 2.05) is 31.3 Å². The predicted octanol–water partition coefficient (Wildman–Crippen LogP) is 3.54. The van der Waals surface area contributed by atoms with Crippen LogP contribution in [0.1, 0.15) is 29.3 Å². The Kier molecular flexibility index (Phi) is 5.59. The number of ether oxygens (including phenoxy) is 2. The average Bonchev–Trinajstić information content (AvgIpc) is 2.88. The maximum absolute atomic E-state index is 5.94. The molecule has 1 aromatic heterocycles. The molecular weight excluding hydrogens is 284 g/mol. The van der Waals surface area contributed by atoms with Gasteiger partial charge in [-0.2, -0.15) is 0 Å². The van der Waals surface area contributed by atoms with Crippen LogP contribution in [0.5, 0.6) is 11.5 Å². The Morgan fingerprint density at radius 1 is 1.33 bits per heavy atom. The Morgan fingerprint density at radius 2 is 2.14 bits per heavy atom. The van der Waals surface area contributed by atoms with E-state index in [0.29, 0.717) is 12.6 Å². The summed E-state index contributed by atoms with van der Waals surface area (Å²) >= 11 is 1.66. The van der Waals surface area contributed by atoms with Crippen molar-refractivity contribution in [1.82, 2.24) is 10.3 Å². The van der Waals surface area contributed by atoms with Gasteiger partial charge < -0.3 is 14.8 Å². The highest BCUT2D eigenvalue weighted by Gasteiger charge is 2.08. The number of hydrogen-bond donors (Lipinski definition) is 1. The second-order valence-electron chi connectivity index (χ2n) is 5.14. The van der Waals surface area contributed by atoms with Gasteiger partial charge in [-0.25, -0.2) is 4.98 Å². The summed E-state index contributed by atoms with van der Waals surface area (Å²) in [5.41, 5.74) is 1.10. The maximum atomic E-state index is 5.94.